The first-order valence-electron chi connectivity index (χ1n) is 10.1. The third kappa shape index (κ3) is 27.4. The molecule has 0 aliphatic carbocycles. The van der Waals surface area contributed by atoms with Crippen LogP contribution >= 0.6 is 0 Å². The zero-order valence-corrected chi connectivity index (χ0v) is 17.2. The van der Waals surface area contributed by atoms with E-state index in [0.29, 0.717) is 0 Å². The summed E-state index contributed by atoms with van der Waals surface area (Å²) in [4.78, 5) is 1.60. The second kappa shape index (κ2) is 24.5. The van der Waals surface area contributed by atoms with Gasteiger partial charge in [-0.3, -0.25) is 0 Å². The highest BCUT2D eigenvalue weighted by Crippen LogP contribution is 2.13. The fourth-order valence-corrected chi connectivity index (χ4v) is 3.03. The van der Waals surface area contributed by atoms with Crippen LogP contribution in [0.1, 0.15) is 110 Å². The van der Waals surface area contributed by atoms with Gasteiger partial charge in [0.05, 0.1) is 20.6 Å². The molecule has 0 unspecified atom stereocenters. The van der Waals surface area contributed by atoms with Gasteiger partial charge in [-0.2, -0.15) is 0 Å². The molecule has 0 aromatic carbocycles. The zero-order valence-electron chi connectivity index (χ0n) is 16.4. The molecule has 0 saturated heterocycles. The zero-order chi connectivity index (χ0) is 15.6. The molecule has 23 heavy (non-hydrogen) atoms. The minimum Gasteiger partial charge on any atom is -1.00 e. The van der Waals surface area contributed by atoms with Gasteiger partial charge in [-0.25, -0.2) is 0 Å². The number of hydrogen-bond donors (Lipinski definition) is 1. The van der Waals surface area contributed by atoms with Crippen molar-refractivity contribution in [2.24, 2.45) is 0 Å². The number of quaternary nitrogens is 1. The van der Waals surface area contributed by atoms with Crippen LogP contribution in [0.15, 0.2) is 0 Å². The largest absolute Gasteiger partial charge is 1.00 e. The first-order valence-corrected chi connectivity index (χ1v) is 10.1. The summed E-state index contributed by atoms with van der Waals surface area (Å²) in [7, 11) is 4.51. The van der Waals surface area contributed by atoms with Crippen molar-refractivity contribution >= 4 is 0 Å². The molecule has 0 rings (SSSR count). The lowest BCUT2D eigenvalue weighted by atomic mass is 10.0. The first kappa shape index (κ1) is 28.0. The number of rotatable bonds is 17. The van der Waals surface area contributed by atoms with Crippen molar-refractivity contribution in [2.45, 2.75) is 110 Å². The van der Waals surface area contributed by atoms with E-state index in [0.717, 1.165) is 0 Å². The third-order valence-corrected chi connectivity index (χ3v) is 4.53. The molecule has 0 spiro atoms. The lowest BCUT2D eigenvalue weighted by Crippen LogP contribution is -3.05. The fraction of sp³-hybridized carbons (Fsp3) is 1.00. The SMILES string of the molecule is CCCCCCCCCCCCCCCCCC[NH+](C)C.O.[Cl-]. The van der Waals surface area contributed by atoms with Crippen LogP contribution < -0.4 is 17.3 Å². The summed E-state index contributed by atoms with van der Waals surface area (Å²) in [6.07, 6.45) is 23.4. The van der Waals surface area contributed by atoms with Crippen LogP contribution in [0.5, 0.6) is 0 Å². The molecule has 0 heterocycles. The summed E-state index contributed by atoms with van der Waals surface area (Å²) < 4.78 is 0. The molecule has 0 saturated carbocycles. The van der Waals surface area contributed by atoms with Crippen molar-refractivity contribution in [3.05, 3.63) is 0 Å². The van der Waals surface area contributed by atoms with Gasteiger partial charge in [0.15, 0.2) is 0 Å². The Morgan fingerprint density at radius 3 is 1.00 bits per heavy atom. The van der Waals surface area contributed by atoms with Crippen molar-refractivity contribution in [1.82, 2.24) is 0 Å². The second-order valence-electron chi connectivity index (χ2n) is 7.26. The highest BCUT2D eigenvalue weighted by Gasteiger charge is 1.96. The molecular formula is C20H46ClNO. The maximum Gasteiger partial charge on any atom is 0.0766 e. The van der Waals surface area contributed by atoms with Crippen molar-refractivity contribution in [3.8, 4) is 0 Å². The standard InChI is InChI=1S/C20H43N.ClH.H2O/c1-4-5-6-7-8-9-10-11-12-13-14-15-16-17-18-19-20-21(2)3;;/h4-20H2,1-3H3;1H;1H2. The number of nitrogens with one attached hydrogen (secondary N) is 1. The van der Waals surface area contributed by atoms with Crippen LogP contribution in [0.2, 0.25) is 0 Å². The highest BCUT2D eigenvalue weighted by atomic mass is 35.5. The molecule has 0 fully saturated rings. The molecule has 0 atom stereocenters. The molecule has 3 N–H and O–H groups in total. The van der Waals surface area contributed by atoms with E-state index in [1.54, 1.807) is 4.90 Å². The lowest BCUT2D eigenvalue weighted by Gasteiger charge is -2.06. The average molecular weight is 352 g/mol. The van der Waals surface area contributed by atoms with Gasteiger partial charge in [0.1, 0.15) is 0 Å². The van der Waals surface area contributed by atoms with E-state index in [9.17, 15) is 0 Å². The quantitative estimate of drug-likeness (QED) is 0.386. The Balaban J connectivity index is -0.00000200. The molecule has 2 nitrogen and oxygen atoms in total. The van der Waals surface area contributed by atoms with E-state index in [2.05, 4.69) is 21.0 Å². The van der Waals surface area contributed by atoms with E-state index in [1.165, 1.54) is 109 Å². The van der Waals surface area contributed by atoms with Gasteiger partial charge in [0.2, 0.25) is 0 Å². The van der Waals surface area contributed by atoms with Crippen LogP contribution in [0, 0.1) is 0 Å². The molecule has 3 heteroatoms. The Labute approximate surface area is 153 Å². The molecule has 0 amide bonds. The van der Waals surface area contributed by atoms with Gasteiger partial charge >= 0.3 is 0 Å². The Hall–Kier alpha value is 0.210. The predicted octanol–water partition coefficient (Wildman–Crippen LogP) is 1.57. The fourth-order valence-electron chi connectivity index (χ4n) is 3.03. The van der Waals surface area contributed by atoms with E-state index >= 15 is 0 Å². The summed E-state index contributed by atoms with van der Waals surface area (Å²) >= 11 is 0. The van der Waals surface area contributed by atoms with Crippen molar-refractivity contribution in [2.75, 3.05) is 20.6 Å². The van der Waals surface area contributed by atoms with Gasteiger partial charge < -0.3 is 22.8 Å². The van der Waals surface area contributed by atoms with Crippen molar-refractivity contribution in [3.63, 3.8) is 0 Å². The molecule has 0 aliphatic heterocycles. The number of halogens is 1. The molecule has 0 bridgehead atoms. The number of hydrogen-bond acceptors (Lipinski definition) is 0. The van der Waals surface area contributed by atoms with Gasteiger partial charge in [-0.15, -0.1) is 0 Å². The van der Waals surface area contributed by atoms with Gasteiger partial charge in [0.25, 0.3) is 0 Å². The Morgan fingerprint density at radius 2 is 0.739 bits per heavy atom. The third-order valence-electron chi connectivity index (χ3n) is 4.53. The second-order valence-corrected chi connectivity index (χ2v) is 7.26. The minimum absolute atomic E-state index is 0. The van der Waals surface area contributed by atoms with Crippen LogP contribution in [0.4, 0.5) is 0 Å². The van der Waals surface area contributed by atoms with Crippen LogP contribution in [-0.4, -0.2) is 26.1 Å². The highest BCUT2D eigenvalue weighted by molar-refractivity contribution is 4.49. The predicted molar refractivity (Wildman–Crippen MR) is 101 cm³/mol. The topological polar surface area (TPSA) is 35.9 Å². The lowest BCUT2D eigenvalue weighted by molar-refractivity contribution is -0.858. The maximum atomic E-state index is 2.30. The number of unbranched alkanes of at least 4 members (excludes halogenated alkanes) is 15. The van der Waals surface area contributed by atoms with Crippen LogP contribution in [-0.2, 0) is 0 Å². The molecule has 0 aromatic rings. The molecule has 0 aromatic heterocycles. The average Bonchev–Trinajstić information content (AvgIpc) is 2.46. The van der Waals surface area contributed by atoms with Gasteiger partial charge in [0, 0.05) is 0 Å². The van der Waals surface area contributed by atoms with Gasteiger partial charge in [-0.1, -0.05) is 96.8 Å². The van der Waals surface area contributed by atoms with Crippen LogP contribution in [0.25, 0.3) is 0 Å². The normalized spacial score (nSPS) is 10.4. The Bertz CT molecular complexity index is 188. The van der Waals surface area contributed by atoms with E-state index in [4.69, 9.17) is 0 Å². The van der Waals surface area contributed by atoms with E-state index in [1.807, 2.05) is 0 Å². The summed E-state index contributed by atoms with van der Waals surface area (Å²) in [5, 5.41) is 0. The van der Waals surface area contributed by atoms with E-state index in [-0.39, 0.29) is 17.9 Å². The maximum absolute atomic E-state index is 2.30. The molecular weight excluding hydrogens is 306 g/mol. The monoisotopic (exact) mass is 351 g/mol. The molecule has 144 valence electrons. The minimum atomic E-state index is 0. The Kier molecular flexibility index (Phi) is 29.8. The summed E-state index contributed by atoms with van der Waals surface area (Å²) in [5.41, 5.74) is 0. The summed E-state index contributed by atoms with van der Waals surface area (Å²) in [5.74, 6) is 0. The summed E-state index contributed by atoms with van der Waals surface area (Å²) in [6.45, 7) is 3.64. The molecule has 0 radical (unpaired) electrons. The Morgan fingerprint density at radius 1 is 0.478 bits per heavy atom. The van der Waals surface area contributed by atoms with Gasteiger partial charge in [-0.05, 0) is 12.8 Å². The smallest absolute Gasteiger partial charge is 0.0766 e. The van der Waals surface area contributed by atoms with Crippen molar-refractivity contribution < 1.29 is 22.8 Å². The first-order chi connectivity index (χ1) is 10.3. The van der Waals surface area contributed by atoms with Crippen LogP contribution in [0.3, 0.4) is 0 Å². The summed E-state index contributed by atoms with van der Waals surface area (Å²) in [6, 6.07) is 0. The van der Waals surface area contributed by atoms with Crippen molar-refractivity contribution in [1.29, 1.82) is 0 Å². The van der Waals surface area contributed by atoms with E-state index < -0.39 is 0 Å². The molecule has 0 aliphatic rings.